The maximum absolute atomic E-state index is 13.8. The Morgan fingerprint density at radius 1 is 1.35 bits per heavy atom. The molecular weight excluding hydrogens is 264 g/mol. The molecule has 0 bridgehead atoms. The van der Waals surface area contributed by atoms with Crippen molar-refractivity contribution >= 4 is 5.97 Å². The lowest BCUT2D eigenvalue weighted by atomic mass is 9.93. The van der Waals surface area contributed by atoms with Crippen molar-refractivity contribution in [3.8, 4) is 0 Å². The standard InChI is InChI=1S/C15H21F2NO2/c1-4-20-15(19)6-9(2)5-14(18)11-8-12(16)10(3)7-13(11)17/h7-9,14H,4-6,18H2,1-3H3. The first-order valence-corrected chi connectivity index (χ1v) is 6.71. The Bertz CT molecular complexity index is 477. The third kappa shape index (κ3) is 4.56. The molecule has 2 atom stereocenters. The molecule has 2 unspecified atom stereocenters. The van der Waals surface area contributed by atoms with E-state index in [1.807, 2.05) is 6.92 Å². The number of halogens is 2. The van der Waals surface area contributed by atoms with E-state index in [1.165, 1.54) is 6.92 Å². The molecule has 0 spiro atoms. The highest BCUT2D eigenvalue weighted by Crippen LogP contribution is 2.25. The summed E-state index contributed by atoms with van der Waals surface area (Å²) >= 11 is 0. The average Bonchev–Trinajstić information content (AvgIpc) is 2.33. The van der Waals surface area contributed by atoms with Crippen LogP contribution in [0.5, 0.6) is 0 Å². The second kappa shape index (κ2) is 7.33. The van der Waals surface area contributed by atoms with Gasteiger partial charge in [-0.3, -0.25) is 4.79 Å². The van der Waals surface area contributed by atoms with Crippen LogP contribution in [-0.2, 0) is 9.53 Å². The summed E-state index contributed by atoms with van der Waals surface area (Å²) in [6.07, 6.45) is 0.607. The van der Waals surface area contributed by atoms with Crippen LogP contribution in [0.3, 0.4) is 0 Å². The predicted molar refractivity (Wildman–Crippen MR) is 73.1 cm³/mol. The van der Waals surface area contributed by atoms with Crippen molar-refractivity contribution < 1.29 is 18.3 Å². The Morgan fingerprint density at radius 2 is 2.00 bits per heavy atom. The molecule has 0 saturated heterocycles. The number of carbonyl (C=O) groups is 1. The highest BCUT2D eigenvalue weighted by molar-refractivity contribution is 5.69. The maximum atomic E-state index is 13.8. The van der Waals surface area contributed by atoms with Crippen LogP contribution in [0.4, 0.5) is 8.78 Å². The minimum Gasteiger partial charge on any atom is -0.466 e. The van der Waals surface area contributed by atoms with E-state index in [4.69, 9.17) is 10.5 Å². The first-order valence-electron chi connectivity index (χ1n) is 6.71. The molecule has 5 heteroatoms. The van der Waals surface area contributed by atoms with Crippen molar-refractivity contribution in [1.29, 1.82) is 0 Å². The van der Waals surface area contributed by atoms with Crippen LogP contribution in [-0.4, -0.2) is 12.6 Å². The molecule has 0 heterocycles. The molecule has 0 aliphatic rings. The van der Waals surface area contributed by atoms with Crippen molar-refractivity contribution in [3.63, 3.8) is 0 Å². The van der Waals surface area contributed by atoms with Crippen molar-refractivity contribution in [3.05, 3.63) is 34.9 Å². The quantitative estimate of drug-likeness (QED) is 0.816. The van der Waals surface area contributed by atoms with Gasteiger partial charge in [-0.25, -0.2) is 8.78 Å². The van der Waals surface area contributed by atoms with E-state index < -0.39 is 17.7 Å². The van der Waals surface area contributed by atoms with Crippen molar-refractivity contribution in [2.24, 2.45) is 11.7 Å². The molecule has 1 rings (SSSR count). The SMILES string of the molecule is CCOC(=O)CC(C)CC(N)c1cc(F)c(C)cc1F. The van der Waals surface area contributed by atoms with Crippen LogP contribution in [0.1, 0.15) is 43.9 Å². The van der Waals surface area contributed by atoms with Crippen molar-refractivity contribution in [2.45, 2.75) is 39.7 Å². The topological polar surface area (TPSA) is 52.3 Å². The van der Waals surface area contributed by atoms with E-state index in [0.29, 0.717) is 13.0 Å². The summed E-state index contributed by atoms with van der Waals surface area (Å²) in [7, 11) is 0. The predicted octanol–water partition coefficient (Wildman–Crippen LogP) is 3.25. The molecule has 0 saturated carbocycles. The molecule has 0 aliphatic heterocycles. The van der Waals surface area contributed by atoms with Gasteiger partial charge in [-0.1, -0.05) is 6.92 Å². The zero-order chi connectivity index (χ0) is 15.3. The number of rotatable bonds is 6. The molecule has 0 fully saturated rings. The Labute approximate surface area is 118 Å². The van der Waals surface area contributed by atoms with E-state index in [2.05, 4.69) is 0 Å². The smallest absolute Gasteiger partial charge is 0.306 e. The summed E-state index contributed by atoms with van der Waals surface area (Å²) < 4.78 is 32.1. The van der Waals surface area contributed by atoms with E-state index in [0.717, 1.165) is 12.1 Å². The summed E-state index contributed by atoms with van der Waals surface area (Å²) in [6.45, 7) is 5.39. The molecule has 0 aliphatic carbocycles. The zero-order valence-corrected chi connectivity index (χ0v) is 12.1. The van der Waals surface area contributed by atoms with Gasteiger partial charge in [0.25, 0.3) is 0 Å². The molecule has 2 N–H and O–H groups in total. The number of benzene rings is 1. The molecule has 20 heavy (non-hydrogen) atoms. The number of aryl methyl sites for hydroxylation is 1. The van der Waals surface area contributed by atoms with Crippen LogP contribution in [0, 0.1) is 24.5 Å². The summed E-state index contributed by atoms with van der Waals surface area (Å²) in [4.78, 5) is 11.3. The highest BCUT2D eigenvalue weighted by Gasteiger charge is 2.19. The zero-order valence-electron chi connectivity index (χ0n) is 12.1. The fourth-order valence-corrected chi connectivity index (χ4v) is 2.09. The molecule has 1 aromatic rings. The monoisotopic (exact) mass is 285 g/mol. The van der Waals surface area contributed by atoms with Gasteiger partial charge in [0.1, 0.15) is 11.6 Å². The third-order valence-electron chi connectivity index (χ3n) is 3.15. The van der Waals surface area contributed by atoms with Crippen molar-refractivity contribution in [1.82, 2.24) is 0 Å². The van der Waals surface area contributed by atoms with Gasteiger partial charge in [0, 0.05) is 18.0 Å². The van der Waals surface area contributed by atoms with Gasteiger partial charge in [0.05, 0.1) is 6.61 Å². The van der Waals surface area contributed by atoms with E-state index in [1.54, 1.807) is 6.92 Å². The average molecular weight is 285 g/mol. The molecule has 3 nitrogen and oxygen atoms in total. The largest absolute Gasteiger partial charge is 0.466 e. The Morgan fingerprint density at radius 3 is 2.60 bits per heavy atom. The Hall–Kier alpha value is -1.49. The van der Waals surface area contributed by atoms with E-state index in [-0.39, 0.29) is 29.4 Å². The van der Waals surface area contributed by atoms with Crippen LogP contribution < -0.4 is 5.73 Å². The molecule has 0 aromatic heterocycles. The highest BCUT2D eigenvalue weighted by atomic mass is 19.1. The van der Waals surface area contributed by atoms with Crippen LogP contribution in [0.15, 0.2) is 12.1 Å². The van der Waals surface area contributed by atoms with Gasteiger partial charge >= 0.3 is 5.97 Å². The number of carbonyl (C=O) groups excluding carboxylic acids is 1. The minimum atomic E-state index is -0.644. The van der Waals surface area contributed by atoms with Gasteiger partial charge in [0.2, 0.25) is 0 Å². The molecule has 0 amide bonds. The molecular formula is C15H21F2NO2. The second-order valence-electron chi connectivity index (χ2n) is 5.08. The van der Waals surface area contributed by atoms with Gasteiger partial charge < -0.3 is 10.5 Å². The number of nitrogens with two attached hydrogens (primary N) is 1. The summed E-state index contributed by atoms with van der Waals surface area (Å²) in [5, 5.41) is 0. The van der Waals surface area contributed by atoms with E-state index in [9.17, 15) is 13.6 Å². The van der Waals surface area contributed by atoms with Gasteiger partial charge in [-0.15, -0.1) is 0 Å². The lowest BCUT2D eigenvalue weighted by molar-refractivity contribution is -0.144. The number of ether oxygens (including phenoxy) is 1. The second-order valence-corrected chi connectivity index (χ2v) is 5.08. The lowest BCUT2D eigenvalue weighted by Gasteiger charge is -2.18. The summed E-state index contributed by atoms with van der Waals surface area (Å²) in [6, 6.07) is 1.63. The Kier molecular flexibility index (Phi) is 6.07. The van der Waals surface area contributed by atoms with Crippen molar-refractivity contribution in [2.75, 3.05) is 6.61 Å². The number of hydrogen-bond acceptors (Lipinski definition) is 3. The number of hydrogen-bond donors (Lipinski definition) is 1. The van der Waals surface area contributed by atoms with Crippen LogP contribution in [0.25, 0.3) is 0 Å². The van der Waals surface area contributed by atoms with Gasteiger partial charge in [0.15, 0.2) is 0 Å². The first kappa shape index (κ1) is 16.6. The molecule has 112 valence electrons. The van der Waals surface area contributed by atoms with Crippen LogP contribution in [0.2, 0.25) is 0 Å². The third-order valence-corrected chi connectivity index (χ3v) is 3.15. The first-order chi connectivity index (χ1) is 9.35. The summed E-state index contributed by atoms with van der Waals surface area (Å²) in [5.74, 6) is -1.36. The molecule has 1 aromatic carbocycles. The fraction of sp³-hybridized carbons (Fsp3) is 0.533. The normalized spacial score (nSPS) is 13.9. The minimum absolute atomic E-state index is 0.0622. The lowest BCUT2D eigenvalue weighted by Crippen LogP contribution is -2.18. The van der Waals surface area contributed by atoms with E-state index >= 15 is 0 Å². The van der Waals surface area contributed by atoms with Gasteiger partial charge in [-0.05, 0) is 43.9 Å². The summed E-state index contributed by atoms with van der Waals surface area (Å²) in [5.41, 5.74) is 6.30. The fourth-order valence-electron chi connectivity index (χ4n) is 2.09. The Balaban J connectivity index is 2.69. The molecule has 0 radical (unpaired) electrons. The number of esters is 1. The maximum Gasteiger partial charge on any atom is 0.306 e. The van der Waals surface area contributed by atoms with Crippen LogP contribution >= 0.6 is 0 Å². The van der Waals surface area contributed by atoms with Gasteiger partial charge in [-0.2, -0.15) is 0 Å².